The van der Waals surface area contributed by atoms with Gasteiger partial charge in [0.1, 0.15) is 0 Å². The van der Waals surface area contributed by atoms with E-state index < -0.39 is 0 Å². The van der Waals surface area contributed by atoms with Gasteiger partial charge < -0.3 is 5.73 Å². The maximum absolute atomic E-state index is 6.03. The molecule has 12 heavy (non-hydrogen) atoms. The maximum atomic E-state index is 6.03. The minimum Gasteiger partial charge on any atom is -0.327 e. The number of hydrogen-bond donors (Lipinski definition) is 1. The zero-order valence-corrected chi connectivity index (χ0v) is 8.55. The molecular formula is C11H23N. The zero-order chi connectivity index (χ0) is 8.97. The molecule has 1 heteroatoms. The highest BCUT2D eigenvalue weighted by Crippen LogP contribution is 2.32. The largest absolute Gasteiger partial charge is 0.327 e. The highest BCUT2D eigenvalue weighted by molar-refractivity contribution is 4.78. The number of hydrogen-bond acceptors (Lipinski definition) is 1. The molecule has 0 spiro atoms. The summed E-state index contributed by atoms with van der Waals surface area (Å²) in [5, 5.41) is 0. The predicted octanol–water partition coefficient (Wildman–Crippen LogP) is 2.94. The van der Waals surface area contributed by atoms with Crippen LogP contribution in [0.1, 0.15) is 52.4 Å². The van der Waals surface area contributed by atoms with Crippen molar-refractivity contribution in [3.63, 3.8) is 0 Å². The van der Waals surface area contributed by atoms with Crippen LogP contribution in [0.5, 0.6) is 0 Å². The Morgan fingerprint density at radius 2 is 1.75 bits per heavy atom. The van der Waals surface area contributed by atoms with Gasteiger partial charge in [0.2, 0.25) is 0 Å². The van der Waals surface area contributed by atoms with Crippen molar-refractivity contribution in [2.75, 3.05) is 0 Å². The van der Waals surface area contributed by atoms with Gasteiger partial charge in [0.25, 0.3) is 0 Å². The van der Waals surface area contributed by atoms with E-state index >= 15 is 0 Å². The Morgan fingerprint density at radius 3 is 2.17 bits per heavy atom. The smallest absolute Gasteiger partial charge is 0.00645 e. The molecule has 72 valence electrons. The average molecular weight is 169 g/mol. The molecular weight excluding hydrogens is 146 g/mol. The van der Waals surface area contributed by atoms with Gasteiger partial charge in [0.15, 0.2) is 0 Å². The molecule has 0 heterocycles. The summed E-state index contributed by atoms with van der Waals surface area (Å²) >= 11 is 0. The third-order valence-corrected chi connectivity index (χ3v) is 3.55. The van der Waals surface area contributed by atoms with E-state index in [1.165, 1.54) is 32.1 Å². The summed E-state index contributed by atoms with van der Waals surface area (Å²) in [5.41, 5.74) is 6.03. The highest BCUT2D eigenvalue weighted by atomic mass is 14.6. The van der Waals surface area contributed by atoms with Gasteiger partial charge in [-0.2, -0.15) is 0 Å². The molecule has 0 bridgehead atoms. The van der Waals surface area contributed by atoms with Crippen LogP contribution in [0.3, 0.4) is 0 Å². The highest BCUT2D eigenvalue weighted by Gasteiger charge is 2.23. The van der Waals surface area contributed by atoms with Gasteiger partial charge in [0.05, 0.1) is 0 Å². The molecule has 1 aliphatic rings. The van der Waals surface area contributed by atoms with Crippen LogP contribution in [0.25, 0.3) is 0 Å². The molecule has 0 amide bonds. The molecule has 0 saturated heterocycles. The van der Waals surface area contributed by atoms with Crippen molar-refractivity contribution in [1.82, 2.24) is 0 Å². The summed E-state index contributed by atoms with van der Waals surface area (Å²) in [6.45, 7) is 4.52. The second kappa shape index (κ2) is 4.86. The molecule has 0 aromatic heterocycles. The van der Waals surface area contributed by atoms with Crippen LogP contribution in [0.15, 0.2) is 0 Å². The Balaban J connectivity index is 2.25. The lowest BCUT2D eigenvalue weighted by Crippen LogP contribution is -2.32. The Morgan fingerprint density at radius 1 is 1.17 bits per heavy atom. The van der Waals surface area contributed by atoms with Gasteiger partial charge in [0, 0.05) is 6.04 Å². The Labute approximate surface area is 76.7 Å². The molecule has 1 atom stereocenters. The van der Waals surface area contributed by atoms with Crippen LogP contribution in [0, 0.1) is 11.8 Å². The van der Waals surface area contributed by atoms with E-state index in [1.807, 2.05) is 0 Å². The molecule has 1 nitrogen and oxygen atoms in total. The van der Waals surface area contributed by atoms with Crippen molar-refractivity contribution in [2.45, 2.75) is 58.4 Å². The van der Waals surface area contributed by atoms with E-state index in [1.54, 1.807) is 0 Å². The summed E-state index contributed by atoms with van der Waals surface area (Å²) in [6.07, 6.45) is 8.14. The minimum absolute atomic E-state index is 0.475. The van der Waals surface area contributed by atoms with Gasteiger partial charge in [-0.3, -0.25) is 0 Å². The maximum Gasteiger partial charge on any atom is 0.00645 e. The quantitative estimate of drug-likeness (QED) is 0.690. The summed E-state index contributed by atoms with van der Waals surface area (Å²) in [4.78, 5) is 0. The number of rotatable bonds is 3. The fraction of sp³-hybridized carbons (Fsp3) is 1.00. The second-order valence-corrected chi connectivity index (χ2v) is 4.26. The van der Waals surface area contributed by atoms with Crippen LogP contribution in [-0.2, 0) is 0 Å². The summed E-state index contributed by atoms with van der Waals surface area (Å²) < 4.78 is 0. The number of nitrogens with two attached hydrogens (primary N) is 1. The lowest BCUT2D eigenvalue weighted by molar-refractivity contribution is 0.236. The lowest BCUT2D eigenvalue weighted by atomic mass is 9.77. The Bertz CT molecular complexity index is 114. The van der Waals surface area contributed by atoms with Gasteiger partial charge in [-0.25, -0.2) is 0 Å². The Kier molecular flexibility index (Phi) is 4.07. The summed E-state index contributed by atoms with van der Waals surface area (Å²) in [5.74, 6) is 1.84. The van der Waals surface area contributed by atoms with E-state index in [0.29, 0.717) is 6.04 Å². The summed E-state index contributed by atoms with van der Waals surface area (Å²) in [7, 11) is 0. The second-order valence-electron chi connectivity index (χ2n) is 4.26. The first-order valence-corrected chi connectivity index (χ1v) is 5.53. The molecule has 1 unspecified atom stereocenters. The molecule has 0 aromatic rings. The first-order chi connectivity index (χ1) is 5.77. The predicted molar refractivity (Wildman–Crippen MR) is 54.0 cm³/mol. The molecule has 0 radical (unpaired) electrons. The molecule has 0 aromatic carbocycles. The van der Waals surface area contributed by atoms with E-state index in [9.17, 15) is 0 Å². The van der Waals surface area contributed by atoms with Gasteiger partial charge >= 0.3 is 0 Å². The minimum atomic E-state index is 0.475. The Hall–Kier alpha value is -0.0400. The van der Waals surface area contributed by atoms with Crippen LogP contribution in [-0.4, -0.2) is 6.04 Å². The van der Waals surface area contributed by atoms with Crippen LogP contribution in [0.2, 0.25) is 0 Å². The SMILES string of the molecule is CCC1CCC(C(N)CC)CC1. The van der Waals surface area contributed by atoms with Gasteiger partial charge in [-0.15, -0.1) is 0 Å². The van der Waals surface area contributed by atoms with E-state index in [4.69, 9.17) is 5.73 Å². The summed E-state index contributed by atoms with van der Waals surface area (Å²) in [6, 6.07) is 0.475. The van der Waals surface area contributed by atoms with Crippen LogP contribution >= 0.6 is 0 Å². The standard InChI is InChI=1S/C11H23N/c1-3-9-5-7-10(8-6-9)11(12)4-2/h9-11H,3-8,12H2,1-2H3. The fourth-order valence-corrected chi connectivity index (χ4v) is 2.36. The van der Waals surface area contributed by atoms with Crippen molar-refractivity contribution in [3.8, 4) is 0 Å². The van der Waals surface area contributed by atoms with Crippen LogP contribution < -0.4 is 5.73 Å². The van der Waals surface area contributed by atoms with Gasteiger partial charge in [-0.1, -0.05) is 33.1 Å². The molecule has 2 N–H and O–H groups in total. The molecule has 1 aliphatic carbocycles. The fourth-order valence-electron chi connectivity index (χ4n) is 2.36. The van der Waals surface area contributed by atoms with Crippen LogP contribution in [0.4, 0.5) is 0 Å². The third kappa shape index (κ3) is 2.48. The monoisotopic (exact) mass is 169 g/mol. The normalized spacial score (nSPS) is 33.2. The van der Waals surface area contributed by atoms with Gasteiger partial charge in [-0.05, 0) is 31.1 Å². The topological polar surface area (TPSA) is 26.0 Å². The van der Waals surface area contributed by atoms with E-state index in [2.05, 4.69) is 13.8 Å². The first kappa shape index (κ1) is 10.0. The van der Waals surface area contributed by atoms with E-state index in [0.717, 1.165) is 18.3 Å². The van der Waals surface area contributed by atoms with Crippen molar-refractivity contribution in [3.05, 3.63) is 0 Å². The van der Waals surface area contributed by atoms with Crippen molar-refractivity contribution >= 4 is 0 Å². The van der Waals surface area contributed by atoms with E-state index in [-0.39, 0.29) is 0 Å². The van der Waals surface area contributed by atoms with Crippen molar-refractivity contribution in [1.29, 1.82) is 0 Å². The first-order valence-electron chi connectivity index (χ1n) is 5.53. The average Bonchev–Trinajstić information content (AvgIpc) is 2.17. The molecule has 1 saturated carbocycles. The molecule has 0 aliphatic heterocycles. The van der Waals surface area contributed by atoms with Crippen molar-refractivity contribution < 1.29 is 0 Å². The lowest BCUT2D eigenvalue weighted by Gasteiger charge is -2.31. The molecule has 1 fully saturated rings. The molecule has 1 rings (SSSR count). The van der Waals surface area contributed by atoms with Crippen molar-refractivity contribution in [2.24, 2.45) is 17.6 Å². The zero-order valence-electron chi connectivity index (χ0n) is 8.55. The third-order valence-electron chi connectivity index (χ3n) is 3.55.